The summed E-state index contributed by atoms with van der Waals surface area (Å²) in [5.41, 5.74) is 0.532. The molecule has 0 aromatic heterocycles. The number of cyclic esters (lactones) is 2. The summed E-state index contributed by atoms with van der Waals surface area (Å²) in [7, 11) is 0. The molecule has 1 aliphatic heterocycles. The number of ether oxygens (including phenoxy) is 1. The SMILES string of the molecule is CCC=C1C(=O)OC(=O)C1CC. The number of hydrogen-bond donors (Lipinski definition) is 0. The Morgan fingerprint density at radius 1 is 1.42 bits per heavy atom. The van der Waals surface area contributed by atoms with Crippen LogP contribution in [0.5, 0.6) is 0 Å². The first-order valence-electron chi connectivity index (χ1n) is 4.16. The number of hydrogen-bond acceptors (Lipinski definition) is 3. The molecule has 0 radical (unpaired) electrons. The number of rotatable bonds is 2. The molecule has 0 aromatic carbocycles. The van der Waals surface area contributed by atoms with Gasteiger partial charge < -0.3 is 4.74 Å². The third-order valence-electron chi connectivity index (χ3n) is 1.92. The first-order chi connectivity index (χ1) is 5.70. The smallest absolute Gasteiger partial charge is 0.342 e. The van der Waals surface area contributed by atoms with Crippen LogP contribution in [0, 0.1) is 5.92 Å². The average molecular weight is 168 g/mol. The van der Waals surface area contributed by atoms with Crippen LogP contribution in [0.4, 0.5) is 0 Å². The maximum absolute atomic E-state index is 11.0. The van der Waals surface area contributed by atoms with Crippen molar-refractivity contribution in [3.8, 4) is 0 Å². The summed E-state index contributed by atoms with van der Waals surface area (Å²) in [6.07, 6.45) is 3.16. The quantitative estimate of drug-likeness (QED) is 0.356. The summed E-state index contributed by atoms with van der Waals surface area (Å²) in [5.74, 6) is -1.19. The van der Waals surface area contributed by atoms with Gasteiger partial charge in [-0.25, -0.2) is 4.79 Å². The molecule has 0 spiro atoms. The van der Waals surface area contributed by atoms with Crippen molar-refractivity contribution < 1.29 is 14.3 Å². The van der Waals surface area contributed by atoms with Gasteiger partial charge in [0.1, 0.15) is 0 Å². The van der Waals surface area contributed by atoms with Gasteiger partial charge in [0.25, 0.3) is 0 Å². The largest absolute Gasteiger partial charge is 0.389 e. The molecular weight excluding hydrogens is 156 g/mol. The molecule has 1 unspecified atom stereocenters. The number of allylic oxidation sites excluding steroid dienone is 1. The molecule has 0 aliphatic carbocycles. The molecule has 1 aliphatic rings. The standard InChI is InChI=1S/C9H12O3/c1-3-5-7-6(4-2)8(10)12-9(7)11/h5-6H,3-4H2,1-2H3. The van der Waals surface area contributed by atoms with E-state index in [0.717, 1.165) is 6.42 Å². The van der Waals surface area contributed by atoms with Crippen molar-refractivity contribution in [1.82, 2.24) is 0 Å². The van der Waals surface area contributed by atoms with Crippen LogP contribution < -0.4 is 0 Å². The Kier molecular flexibility index (Phi) is 2.63. The normalized spacial score (nSPS) is 26.5. The van der Waals surface area contributed by atoms with Crippen molar-refractivity contribution in [2.75, 3.05) is 0 Å². The van der Waals surface area contributed by atoms with Gasteiger partial charge in [0.05, 0.1) is 5.92 Å². The van der Waals surface area contributed by atoms with Gasteiger partial charge in [-0.3, -0.25) is 4.79 Å². The lowest BCUT2D eigenvalue weighted by atomic mass is 9.98. The highest BCUT2D eigenvalue weighted by atomic mass is 16.6. The summed E-state index contributed by atoms with van der Waals surface area (Å²) < 4.78 is 4.48. The van der Waals surface area contributed by atoms with Crippen LogP contribution >= 0.6 is 0 Å². The van der Waals surface area contributed by atoms with Crippen molar-refractivity contribution in [2.45, 2.75) is 26.7 Å². The maximum atomic E-state index is 11.0. The first-order valence-corrected chi connectivity index (χ1v) is 4.16. The number of esters is 2. The fraction of sp³-hybridized carbons (Fsp3) is 0.556. The predicted molar refractivity (Wildman–Crippen MR) is 43.3 cm³/mol. The molecule has 0 saturated carbocycles. The van der Waals surface area contributed by atoms with Gasteiger partial charge in [-0.05, 0) is 12.8 Å². The second kappa shape index (κ2) is 3.52. The van der Waals surface area contributed by atoms with Gasteiger partial charge in [0.15, 0.2) is 0 Å². The van der Waals surface area contributed by atoms with Crippen LogP contribution in [0.25, 0.3) is 0 Å². The van der Waals surface area contributed by atoms with Gasteiger partial charge in [-0.1, -0.05) is 19.9 Å². The monoisotopic (exact) mass is 168 g/mol. The fourth-order valence-corrected chi connectivity index (χ4v) is 1.32. The molecule has 0 amide bonds. The van der Waals surface area contributed by atoms with E-state index in [1.165, 1.54) is 0 Å². The zero-order chi connectivity index (χ0) is 9.14. The fourth-order valence-electron chi connectivity index (χ4n) is 1.32. The second-order valence-electron chi connectivity index (χ2n) is 2.74. The zero-order valence-corrected chi connectivity index (χ0v) is 7.29. The molecule has 1 heterocycles. The van der Waals surface area contributed by atoms with E-state index in [-0.39, 0.29) is 5.92 Å². The maximum Gasteiger partial charge on any atom is 0.342 e. The van der Waals surface area contributed by atoms with E-state index in [1.54, 1.807) is 6.08 Å². The minimum Gasteiger partial charge on any atom is -0.389 e. The lowest BCUT2D eigenvalue weighted by Crippen LogP contribution is -2.07. The van der Waals surface area contributed by atoms with Crippen molar-refractivity contribution in [1.29, 1.82) is 0 Å². The van der Waals surface area contributed by atoms with Crippen molar-refractivity contribution in [3.63, 3.8) is 0 Å². The molecule has 0 N–H and O–H groups in total. The molecule has 12 heavy (non-hydrogen) atoms. The molecule has 3 nitrogen and oxygen atoms in total. The molecule has 66 valence electrons. The molecule has 1 saturated heterocycles. The first kappa shape index (κ1) is 8.97. The van der Waals surface area contributed by atoms with Crippen molar-refractivity contribution >= 4 is 11.9 Å². The highest BCUT2D eigenvalue weighted by molar-refractivity contribution is 6.07. The molecule has 1 rings (SSSR count). The van der Waals surface area contributed by atoms with Crippen LogP contribution in [-0.2, 0) is 14.3 Å². The van der Waals surface area contributed by atoms with Crippen molar-refractivity contribution in [2.24, 2.45) is 5.92 Å². The summed E-state index contributed by atoms with van der Waals surface area (Å²) in [6.45, 7) is 3.80. The van der Waals surface area contributed by atoms with E-state index in [0.29, 0.717) is 12.0 Å². The van der Waals surface area contributed by atoms with Crippen LogP contribution in [0.3, 0.4) is 0 Å². The molecule has 1 fully saturated rings. The van der Waals surface area contributed by atoms with Gasteiger partial charge in [-0.2, -0.15) is 0 Å². The minimum absolute atomic E-state index is 0.322. The van der Waals surface area contributed by atoms with Crippen LogP contribution in [0.1, 0.15) is 26.7 Å². The zero-order valence-electron chi connectivity index (χ0n) is 7.29. The summed E-state index contributed by atoms with van der Waals surface area (Å²) in [5, 5.41) is 0. The lowest BCUT2D eigenvalue weighted by Gasteiger charge is -1.99. The summed E-state index contributed by atoms with van der Waals surface area (Å²) >= 11 is 0. The Bertz CT molecular complexity index is 240. The number of carbonyl (C=O) groups is 2. The lowest BCUT2D eigenvalue weighted by molar-refractivity contribution is -0.152. The molecule has 3 heteroatoms. The average Bonchev–Trinajstić information content (AvgIpc) is 2.28. The molecule has 1 atom stereocenters. The van der Waals surface area contributed by atoms with Gasteiger partial charge in [0.2, 0.25) is 0 Å². The molecular formula is C9H12O3. The highest BCUT2D eigenvalue weighted by Crippen LogP contribution is 2.25. The summed E-state index contributed by atoms with van der Waals surface area (Å²) in [6, 6.07) is 0. The van der Waals surface area contributed by atoms with E-state index in [2.05, 4.69) is 4.74 Å². The number of carbonyl (C=O) groups excluding carboxylic acids is 2. The van der Waals surface area contributed by atoms with E-state index in [1.807, 2.05) is 13.8 Å². The predicted octanol–water partition coefficient (Wildman–Crippen LogP) is 1.43. The van der Waals surface area contributed by atoms with Gasteiger partial charge in [0, 0.05) is 5.57 Å². The summed E-state index contributed by atoms with van der Waals surface area (Å²) in [4.78, 5) is 22.0. The topological polar surface area (TPSA) is 43.4 Å². The van der Waals surface area contributed by atoms with E-state index < -0.39 is 11.9 Å². The Morgan fingerprint density at radius 3 is 2.58 bits per heavy atom. The van der Waals surface area contributed by atoms with Crippen LogP contribution in [0.15, 0.2) is 11.6 Å². The Labute approximate surface area is 71.4 Å². The van der Waals surface area contributed by atoms with Gasteiger partial charge >= 0.3 is 11.9 Å². The van der Waals surface area contributed by atoms with Gasteiger partial charge in [-0.15, -0.1) is 0 Å². The second-order valence-corrected chi connectivity index (χ2v) is 2.74. The third-order valence-corrected chi connectivity index (χ3v) is 1.92. The molecule has 0 bridgehead atoms. The van der Waals surface area contributed by atoms with E-state index in [4.69, 9.17) is 0 Å². The minimum atomic E-state index is -0.464. The Morgan fingerprint density at radius 2 is 2.08 bits per heavy atom. The van der Waals surface area contributed by atoms with E-state index in [9.17, 15) is 9.59 Å². The van der Waals surface area contributed by atoms with Crippen LogP contribution in [0.2, 0.25) is 0 Å². The Balaban J connectivity index is 2.89. The Hall–Kier alpha value is -1.12. The van der Waals surface area contributed by atoms with Crippen LogP contribution in [-0.4, -0.2) is 11.9 Å². The highest BCUT2D eigenvalue weighted by Gasteiger charge is 2.36. The van der Waals surface area contributed by atoms with E-state index >= 15 is 0 Å². The molecule has 0 aromatic rings. The van der Waals surface area contributed by atoms with Crippen molar-refractivity contribution in [3.05, 3.63) is 11.6 Å². The third kappa shape index (κ3) is 1.40.